The van der Waals surface area contributed by atoms with E-state index in [-0.39, 0.29) is 13.2 Å². The van der Waals surface area contributed by atoms with Crippen LogP contribution in [0, 0.1) is 0 Å². The molecule has 1 aliphatic rings. The van der Waals surface area contributed by atoms with Gasteiger partial charge in [-0.05, 0) is 24.3 Å². The van der Waals surface area contributed by atoms with Crippen LogP contribution >= 0.6 is 11.6 Å². The zero-order chi connectivity index (χ0) is 13.1. The average molecular weight is 276 g/mol. The molecule has 98 valence electrons. The van der Waals surface area contributed by atoms with Gasteiger partial charge in [0.1, 0.15) is 12.4 Å². The van der Waals surface area contributed by atoms with Gasteiger partial charge in [0.25, 0.3) is 0 Å². The van der Waals surface area contributed by atoms with E-state index in [1.807, 2.05) is 36.4 Å². The minimum Gasteiger partial charge on any atom is -0.491 e. The van der Waals surface area contributed by atoms with Crippen LogP contribution in [0.1, 0.15) is 0 Å². The summed E-state index contributed by atoms with van der Waals surface area (Å²) in [5, 5.41) is 0.698. The molecule has 2 aromatic rings. The van der Waals surface area contributed by atoms with Crippen LogP contribution in [-0.2, 0) is 9.31 Å². The van der Waals surface area contributed by atoms with Gasteiger partial charge in [0.2, 0.25) is 0 Å². The summed E-state index contributed by atoms with van der Waals surface area (Å²) < 4.78 is 17.0. The normalized spacial score (nSPS) is 18.8. The summed E-state index contributed by atoms with van der Waals surface area (Å²) in [7, 11) is -0.270. The zero-order valence-corrected chi connectivity index (χ0v) is 11.0. The Hall–Kier alpha value is -1.36. The highest BCUT2D eigenvalue weighted by molar-refractivity contribution is 6.61. The molecule has 1 fully saturated rings. The molecule has 1 atom stereocenters. The molecule has 0 amide bonds. The number of hydrogen-bond acceptors (Lipinski definition) is 3. The quantitative estimate of drug-likeness (QED) is 0.633. The summed E-state index contributed by atoms with van der Waals surface area (Å²) >= 11 is 5.81. The second-order valence-corrected chi connectivity index (χ2v) is 4.84. The topological polar surface area (TPSA) is 27.7 Å². The van der Waals surface area contributed by atoms with Crippen LogP contribution in [0.4, 0.5) is 0 Å². The molecule has 3 nitrogen and oxygen atoms in total. The van der Waals surface area contributed by atoms with Gasteiger partial charge in [-0.3, -0.25) is 0 Å². The van der Waals surface area contributed by atoms with Crippen LogP contribution < -0.4 is 10.2 Å². The summed E-state index contributed by atoms with van der Waals surface area (Å²) in [6.45, 7) is 1.02. The summed E-state index contributed by atoms with van der Waals surface area (Å²) in [5.41, 5.74) is 1.05. The Bertz CT molecular complexity index is 512. The minimum atomic E-state index is -0.270. The molecule has 1 aliphatic heterocycles. The highest BCUT2D eigenvalue weighted by Crippen LogP contribution is 2.17. The molecule has 0 unspecified atom stereocenters. The third kappa shape index (κ3) is 3.15. The van der Waals surface area contributed by atoms with E-state index < -0.39 is 0 Å². The van der Waals surface area contributed by atoms with E-state index in [0.29, 0.717) is 18.2 Å². The van der Waals surface area contributed by atoms with Crippen LogP contribution in [0.5, 0.6) is 5.75 Å². The van der Waals surface area contributed by atoms with Crippen LogP contribution in [-0.4, -0.2) is 26.4 Å². The Morgan fingerprint density at radius 3 is 2.89 bits per heavy atom. The molecule has 0 radical (unpaired) electrons. The Labute approximate surface area is 117 Å². The van der Waals surface area contributed by atoms with E-state index in [1.54, 1.807) is 12.1 Å². The molecule has 0 spiro atoms. The van der Waals surface area contributed by atoms with Gasteiger partial charge in [0.15, 0.2) is 0 Å². The predicted molar refractivity (Wildman–Crippen MR) is 75.2 cm³/mol. The molecule has 3 rings (SSSR count). The lowest BCUT2D eigenvalue weighted by Gasteiger charge is -2.13. The standard InChI is InChI=1S/C14H13BClO3/c16-12-5-7-13(8-6-12)17-9-14-10-18-15(19-14)11-3-1-2-4-11/h1-8,14H,9-10H2/q-1/t14-/m0/s1. The summed E-state index contributed by atoms with van der Waals surface area (Å²) in [5.74, 6) is 0.782. The van der Waals surface area contributed by atoms with Gasteiger partial charge in [-0.25, -0.2) is 6.07 Å². The molecule has 0 N–H and O–H groups in total. The van der Waals surface area contributed by atoms with Gasteiger partial charge in [-0.15, -0.1) is 0 Å². The zero-order valence-electron chi connectivity index (χ0n) is 10.3. The first-order valence-electron chi connectivity index (χ1n) is 6.18. The largest absolute Gasteiger partial charge is 0.491 e. The molecular weight excluding hydrogens is 262 g/mol. The molecule has 0 bridgehead atoms. The minimum absolute atomic E-state index is 0.0458. The smallest absolute Gasteiger partial charge is 0.406 e. The highest BCUT2D eigenvalue weighted by atomic mass is 35.5. The van der Waals surface area contributed by atoms with Crippen molar-refractivity contribution in [2.45, 2.75) is 6.10 Å². The van der Waals surface area contributed by atoms with E-state index in [0.717, 1.165) is 11.2 Å². The van der Waals surface area contributed by atoms with Crippen LogP contribution in [0.25, 0.3) is 0 Å². The Morgan fingerprint density at radius 2 is 2.16 bits per heavy atom. The van der Waals surface area contributed by atoms with Gasteiger partial charge < -0.3 is 14.0 Å². The molecule has 5 heteroatoms. The first-order chi connectivity index (χ1) is 9.31. The second kappa shape index (κ2) is 5.74. The number of halogens is 1. The maximum atomic E-state index is 5.81. The third-order valence-electron chi connectivity index (χ3n) is 2.96. The lowest BCUT2D eigenvalue weighted by molar-refractivity contribution is 0.148. The summed E-state index contributed by atoms with van der Waals surface area (Å²) in [6.07, 6.45) is -0.0458. The maximum absolute atomic E-state index is 5.81. The van der Waals surface area contributed by atoms with Crippen molar-refractivity contribution in [1.29, 1.82) is 0 Å². The van der Waals surface area contributed by atoms with Gasteiger partial charge in [-0.2, -0.15) is 23.7 Å². The number of hydrogen-bond donors (Lipinski definition) is 0. The first kappa shape index (κ1) is 12.7. The van der Waals surface area contributed by atoms with E-state index in [9.17, 15) is 0 Å². The molecular formula is C14H13BClO3-. The average Bonchev–Trinajstić information content (AvgIpc) is 3.09. The van der Waals surface area contributed by atoms with E-state index in [1.165, 1.54) is 0 Å². The molecule has 1 heterocycles. The second-order valence-electron chi connectivity index (χ2n) is 4.41. The Balaban J connectivity index is 1.51. The third-order valence-corrected chi connectivity index (χ3v) is 3.21. The van der Waals surface area contributed by atoms with Gasteiger partial charge in [0, 0.05) is 5.02 Å². The molecule has 0 aromatic heterocycles. The van der Waals surface area contributed by atoms with E-state index in [4.69, 9.17) is 25.6 Å². The van der Waals surface area contributed by atoms with Crippen molar-refractivity contribution in [2.75, 3.05) is 13.2 Å². The van der Waals surface area contributed by atoms with Crippen molar-refractivity contribution in [1.82, 2.24) is 0 Å². The highest BCUT2D eigenvalue weighted by Gasteiger charge is 2.28. The van der Waals surface area contributed by atoms with Crippen molar-refractivity contribution >= 4 is 24.2 Å². The lowest BCUT2D eigenvalue weighted by atomic mass is 9.81. The molecule has 0 aliphatic carbocycles. The van der Waals surface area contributed by atoms with Crippen LogP contribution in [0.2, 0.25) is 5.02 Å². The SMILES string of the molecule is Clc1ccc(OC[C@H]2COB(c3cc[cH-]c3)O2)cc1. The van der Waals surface area contributed by atoms with E-state index in [2.05, 4.69) is 0 Å². The summed E-state index contributed by atoms with van der Waals surface area (Å²) in [6, 6.07) is 15.2. The molecule has 1 saturated heterocycles. The fourth-order valence-corrected chi connectivity index (χ4v) is 2.10. The number of rotatable bonds is 4. The van der Waals surface area contributed by atoms with Crippen molar-refractivity contribution < 1.29 is 14.0 Å². The lowest BCUT2D eigenvalue weighted by Crippen LogP contribution is -2.32. The van der Waals surface area contributed by atoms with Gasteiger partial charge in [-0.1, -0.05) is 11.6 Å². The van der Waals surface area contributed by atoms with Crippen molar-refractivity contribution in [3.05, 3.63) is 53.6 Å². The van der Waals surface area contributed by atoms with Gasteiger partial charge >= 0.3 is 7.12 Å². The van der Waals surface area contributed by atoms with Crippen molar-refractivity contribution in [2.24, 2.45) is 0 Å². The Morgan fingerprint density at radius 1 is 1.32 bits per heavy atom. The van der Waals surface area contributed by atoms with Crippen molar-refractivity contribution in [3.8, 4) is 5.75 Å². The van der Waals surface area contributed by atoms with Gasteiger partial charge in [0.05, 0.1) is 12.7 Å². The fourth-order valence-electron chi connectivity index (χ4n) is 1.98. The van der Waals surface area contributed by atoms with Crippen molar-refractivity contribution in [3.63, 3.8) is 0 Å². The fraction of sp³-hybridized carbons (Fsp3) is 0.214. The molecule has 19 heavy (non-hydrogen) atoms. The summed E-state index contributed by atoms with van der Waals surface area (Å²) in [4.78, 5) is 0. The number of ether oxygens (including phenoxy) is 1. The van der Waals surface area contributed by atoms with Crippen LogP contribution in [0.3, 0.4) is 0 Å². The molecule has 0 saturated carbocycles. The maximum Gasteiger partial charge on any atom is 0.406 e. The monoisotopic (exact) mass is 275 g/mol. The van der Waals surface area contributed by atoms with Crippen LogP contribution in [0.15, 0.2) is 48.5 Å². The Kier molecular flexibility index (Phi) is 3.83. The first-order valence-corrected chi connectivity index (χ1v) is 6.56. The van der Waals surface area contributed by atoms with E-state index >= 15 is 0 Å². The number of benzene rings is 1. The molecule has 2 aromatic carbocycles. The predicted octanol–water partition coefficient (Wildman–Crippen LogP) is 2.25.